The van der Waals surface area contributed by atoms with E-state index in [1.165, 1.54) is 29.2 Å². The third kappa shape index (κ3) is 5.28. The average Bonchev–Trinajstić information content (AvgIpc) is 3.19. The van der Waals surface area contributed by atoms with E-state index in [4.69, 9.17) is 9.47 Å². The van der Waals surface area contributed by atoms with Gasteiger partial charge in [0.15, 0.2) is 6.61 Å². The zero-order valence-corrected chi connectivity index (χ0v) is 19.8. The number of para-hydroxylation sites is 1. The molecule has 186 valence electrons. The quantitative estimate of drug-likeness (QED) is 0.288. The average molecular weight is 497 g/mol. The summed E-state index contributed by atoms with van der Waals surface area (Å²) in [4.78, 5) is 51.3. The lowest BCUT2D eigenvalue weighted by Crippen LogP contribution is -2.30. The first kappa shape index (κ1) is 24.0. The lowest BCUT2D eigenvalue weighted by atomic mass is 9.85. The largest absolute Gasteiger partial charge is 0.457 e. The zero-order chi connectivity index (χ0) is 25.8. The summed E-state index contributed by atoms with van der Waals surface area (Å²) in [6, 6.07) is 22.2. The molecule has 1 aliphatic heterocycles. The van der Waals surface area contributed by atoms with Crippen LogP contribution in [0.5, 0.6) is 11.5 Å². The first-order chi connectivity index (χ1) is 18.0. The molecule has 0 unspecified atom stereocenters. The molecule has 1 saturated heterocycles. The van der Waals surface area contributed by atoms with Crippen LogP contribution in [0.15, 0.2) is 91.0 Å². The van der Waals surface area contributed by atoms with Crippen molar-refractivity contribution >= 4 is 35.1 Å². The Morgan fingerprint density at radius 3 is 2.00 bits per heavy atom. The second-order valence-electron chi connectivity index (χ2n) is 8.78. The van der Waals surface area contributed by atoms with Crippen molar-refractivity contribution in [2.45, 2.75) is 12.8 Å². The molecule has 37 heavy (non-hydrogen) atoms. The van der Waals surface area contributed by atoms with Crippen molar-refractivity contribution in [3.8, 4) is 11.5 Å². The number of hydrogen-bond acceptors (Lipinski definition) is 6. The van der Waals surface area contributed by atoms with Gasteiger partial charge in [0.25, 0.3) is 5.91 Å². The number of anilines is 2. The van der Waals surface area contributed by atoms with Crippen molar-refractivity contribution < 1.29 is 28.7 Å². The van der Waals surface area contributed by atoms with E-state index >= 15 is 0 Å². The van der Waals surface area contributed by atoms with Crippen LogP contribution in [0, 0.1) is 11.8 Å². The summed E-state index contributed by atoms with van der Waals surface area (Å²) < 4.78 is 10.8. The van der Waals surface area contributed by atoms with Gasteiger partial charge in [0.1, 0.15) is 11.5 Å². The fraction of sp³-hybridized carbons (Fsp3) is 0.172. The summed E-state index contributed by atoms with van der Waals surface area (Å²) in [5.41, 5.74) is 1.15. The van der Waals surface area contributed by atoms with Crippen LogP contribution >= 0.6 is 0 Å². The molecule has 3 aromatic carbocycles. The van der Waals surface area contributed by atoms with Gasteiger partial charge in [0.2, 0.25) is 11.8 Å². The Morgan fingerprint density at radius 1 is 0.784 bits per heavy atom. The van der Waals surface area contributed by atoms with Gasteiger partial charge in [-0.3, -0.25) is 19.3 Å². The number of carbonyl (C=O) groups is 4. The van der Waals surface area contributed by atoms with Crippen LogP contribution < -0.4 is 15.0 Å². The number of hydrogen-bond donors (Lipinski definition) is 1. The standard InChI is InChI=1S/C29H24N2O6/c32-26(30-20-12-16-23(17-13-20)37-22-6-2-1-3-7-22)18-36-29(35)19-10-14-21(15-11-19)31-27(33)24-8-4-5-9-25(24)28(31)34/h1-7,10-17,24-25H,8-9,18H2,(H,30,32)/t24-,25+. The predicted molar refractivity (Wildman–Crippen MR) is 136 cm³/mol. The molecular formula is C29H24N2O6. The highest BCUT2D eigenvalue weighted by Gasteiger charge is 2.47. The molecule has 1 N–H and O–H groups in total. The molecule has 3 aromatic rings. The molecule has 2 aliphatic rings. The minimum absolute atomic E-state index is 0.206. The Labute approximate surface area is 213 Å². The van der Waals surface area contributed by atoms with E-state index in [2.05, 4.69) is 5.32 Å². The number of benzene rings is 3. The second-order valence-corrected chi connectivity index (χ2v) is 8.78. The summed E-state index contributed by atoms with van der Waals surface area (Å²) >= 11 is 0. The van der Waals surface area contributed by atoms with Crippen molar-refractivity contribution in [2.75, 3.05) is 16.8 Å². The molecule has 8 heteroatoms. The molecule has 8 nitrogen and oxygen atoms in total. The van der Waals surface area contributed by atoms with Gasteiger partial charge in [-0.25, -0.2) is 4.79 Å². The van der Waals surface area contributed by atoms with Gasteiger partial charge in [0, 0.05) is 5.69 Å². The van der Waals surface area contributed by atoms with Gasteiger partial charge in [-0.05, 0) is 73.5 Å². The molecule has 3 amide bonds. The number of nitrogens with one attached hydrogen (secondary N) is 1. The maximum absolute atomic E-state index is 12.7. The Bertz CT molecular complexity index is 1320. The van der Waals surface area contributed by atoms with Crippen LogP contribution in [0.3, 0.4) is 0 Å². The number of imide groups is 1. The van der Waals surface area contributed by atoms with E-state index in [0.29, 0.717) is 35.7 Å². The van der Waals surface area contributed by atoms with Gasteiger partial charge < -0.3 is 14.8 Å². The van der Waals surface area contributed by atoms with Crippen molar-refractivity contribution in [3.63, 3.8) is 0 Å². The van der Waals surface area contributed by atoms with E-state index in [9.17, 15) is 19.2 Å². The van der Waals surface area contributed by atoms with Gasteiger partial charge in [-0.15, -0.1) is 0 Å². The topological polar surface area (TPSA) is 102 Å². The van der Waals surface area contributed by atoms with Crippen LogP contribution in [0.2, 0.25) is 0 Å². The minimum Gasteiger partial charge on any atom is -0.457 e. The fourth-order valence-electron chi connectivity index (χ4n) is 4.44. The third-order valence-corrected chi connectivity index (χ3v) is 6.32. The summed E-state index contributed by atoms with van der Waals surface area (Å²) in [6.45, 7) is -0.470. The Morgan fingerprint density at radius 2 is 1.38 bits per heavy atom. The van der Waals surface area contributed by atoms with Gasteiger partial charge in [0.05, 0.1) is 23.1 Å². The lowest BCUT2D eigenvalue weighted by Gasteiger charge is -2.15. The minimum atomic E-state index is -0.690. The number of rotatable bonds is 7. The highest BCUT2D eigenvalue weighted by atomic mass is 16.5. The molecule has 0 spiro atoms. The Hall–Kier alpha value is -4.72. The molecule has 0 radical (unpaired) electrons. The van der Waals surface area contributed by atoms with Crippen LogP contribution in [0.25, 0.3) is 0 Å². The summed E-state index contributed by atoms with van der Waals surface area (Å²) in [7, 11) is 0. The smallest absolute Gasteiger partial charge is 0.338 e. The van der Waals surface area contributed by atoms with Gasteiger partial charge in [-0.2, -0.15) is 0 Å². The van der Waals surface area contributed by atoms with E-state index in [1.807, 2.05) is 42.5 Å². The Kier molecular flexibility index (Phi) is 6.81. The second kappa shape index (κ2) is 10.5. The number of fused-ring (bicyclic) bond motifs is 1. The maximum Gasteiger partial charge on any atom is 0.338 e. The van der Waals surface area contributed by atoms with Crippen molar-refractivity contribution in [3.05, 3.63) is 96.6 Å². The van der Waals surface area contributed by atoms with Crippen LogP contribution in [-0.4, -0.2) is 30.3 Å². The SMILES string of the molecule is O=C(COC(=O)c1ccc(N2C(=O)[C@H]3CC=CC[C@H]3C2=O)cc1)Nc1ccc(Oc2ccccc2)cc1. The van der Waals surface area contributed by atoms with Crippen molar-refractivity contribution in [1.82, 2.24) is 0 Å². The van der Waals surface area contributed by atoms with E-state index in [-0.39, 0.29) is 29.2 Å². The normalized spacial score (nSPS) is 18.3. The molecule has 0 bridgehead atoms. The molecule has 1 fully saturated rings. The Balaban J connectivity index is 1.12. The van der Waals surface area contributed by atoms with Crippen LogP contribution in [-0.2, 0) is 19.1 Å². The molecular weight excluding hydrogens is 472 g/mol. The van der Waals surface area contributed by atoms with E-state index in [1.54, 1.807) is 24.3 Å². The van der Waals surface area contributed by atoms with Gasteiger partial charge >= 0.3 is 5.97 Å². The number of allylic oxidation sites excluding steroid dienone is 2. The number of ether oxygens (including phenoxy) is 2. The maximum atomic E-state index is 12.7. The first-order valence-corrected chi connectivity index (χ1v) is 11.9. The summed E-state index contributed by atoms with van der Waals surface area (Å²) in [6.07, 6.45) is 4.98. The molecule has 1 aliphatic carbocycles. The molecule has 0 aromatic heterocycles. The van der Waals surface area contributed by atoms with Crippen molar-refractivity contribution in [1.29, 1.82) is 0 Å². The zero-order valence-electron chi connectivity index (χ0n) is 19.8. The molecule has 1 heterocycles. The van der Waals surface area contributed by atoms with Crippen molar-refractivity contribution in [2.24, 2.45) is 11.8 Å². The molecule has 2 atom stereocenters. The number of carbonyl (C=O) groups excluding carboxylic acids is 4. The number of amides is 3. The third-order valence-electron chi connectivity index (χ3n) is 6.32. The summed E-state index contributed by atoms with van der Waals surface area (Å²) in [5, 5.41) is 2.66. The number of esters is 1. The monoisotopic (exact) mass is 496 g/mol. The highest BCUT2D eigenvalue weighted by Crippen LogP contribution is 2.37. The summed E-state index contributed by atoms with van der Waals surface area (Å²) in [5.74, 6) is -0.949. The van der Waals surface area contributed by atoms with E-state index < -0.39 is 18.5 Å². The lowest BCUT2D eigenvalue weighted by molar-refractivity contribution is -0.122. The molecule has 5 rings (SSSR count). The van der Waals surface area contributed by atoms with Gasteiger partial charge in [-0.1, -0.05) is 30.4 Å². The van der Waals surface area contributed by atoms with Crippen LogP contribution in [0.4, 0.5) is 11.4 Å². The first-order valence-electron chi connectivity index (χ1n) is 11.9. The fourth-order valence-corrected chi connectivity index (χ4v) is 4.44. The van der Waals surface area contributed by atoms with Crippen LogP contribution in [0.1, 0.15) is 23.2 Å². The highest BCUT2D eigenvalue weighted by molar-refractivity contribution is 6.22. The predicted octanol–water partition coefficient (Wildman–Crippen LogP) is 4.73. The van der Waals surface area contributed by atoms with E-state index in [0.717, 1.165) is 0 Å². The molecule has 0 saturated carbocycles. The number of nitrogens with zero attached hydrogens (tertiary/aromatic N) is 1.